The molecular formula is C9H8N4. The Hall–Kier alpha value is -1.97. The lowest BCUT2D eigenvalue weighted by Crippen LogP contribution is -1.91. The van der Waals surface area contributed by atoms with Crippen molar-refractivity contribution in [1.29, 1.82) is 0 Å². The predicted octanol–water partition coefficient (Wildman–Crippen LogP) is 1.12. The van der Waals surface area contributed by atoms with Gasteiger partial charge in [0, 0.05) is 17.4 Å². The summed E-state index contributed by atoms with van der Waals surface area (Å²) in [7, 11) is 0. The highest BCUT2D eigenvalue weighted by Crippen LogP contribution is 2.15. The normalized spacial score (nSPS) is 9.85. The van der Waals surface area contributed by atoms with Crippen LogP contribution in [0, 0.1) is 0 Å². The Morgan fingerprint density at radius 3 is 2.77 bits per heavy atom. The molecule has 2 aromatic rings. The van der Waals surface area contributed by atoms with Crippen molar-refractivity contribution in [3.05, 3.63) is 36.7 Å². The van der Waals surface area contributed by atoms with Gasteiger partial charge >= 0.3 is 0 Å². The van der Waals surface area contributed by atoms with E-state index in [1.165, 1.54) is 6.20 Å². The van der Waals surface area contributed by atoms with E-state index in [1.54, 1.807) is 6.20 Å². The van der Waals surface area contributed by atoms with Crippen molar-refractivity contribution in [3.8, 4) is 11.4 Å². The summed E-state index contributed by atoms with van der Waals surface area (Å²) in [6, 6.07) is 7.39. The third kappa shape index (κ3) is 1.61. The average Bonchev–Trinajstić information content (AvgIpc) is 2.19. The first-order chi connectivity index (χ1) is 6.36. The van der Waals surface area contributed by atoms with Crippen molar-refractivity contribution >= 4 is 5.69 Å². The van der Waals surface area contributed by atoms with Crippen LogP contribution in [0.25, 0.3) is 11.4 Å². The lowest BCUT2D eigenvalue weighted by atomic mass is 10.2. The lowest BCUT2D eigenvalue weighted by Gasteiger charge is -1.98. The highest BCUT2D eigenvalue weighted by atomic mass is 15.1. The molecule has 0 bridgehead atoms. The van der Waals surface area contributed by atoms with Gasteiger partial charge in [-0.2, -0.15) is 5.10 Å². The third-order valence-electron chi connectivity index (χ3n) is 1.63. The van der Waals surface area contributed by atoms with Crippen LogP contribution in [0.4, 0.5) is 5.69 Å². The molecule has 0 atom stereocenters. The molecule has 0 fully saturated rings. The van der Waals surface area contributed by atoms with Gasteiger partial charge in [-0.15, -0.1) is 5.10 Å². The monoisotopic (exact) mass is 172 g/mol. The van der Waals surface area contributed by atoms with Crippen LogP contribution < -0.4 is 5.73 Å². The minimum absolute atomic E-state index is 0.592. The molecule has 13 heavy (non-hydrogen) atoms. The van der Waals surface area contributed by atoms with Crippen molar-refractivity contribution in [2.45, 2.75) is 0 Å². The van der Waals surface area contributed by atoms with E-state index in [0.29, 0.717) is 11.5 Å². The van der Waals surface area contributed by atoms with E-state index in [1.807, 2.05) is 24.3 Å². The van der Waals surface area contributed by atoms with E-state index in [9.17, 15) is 0 Å². The van der Waals surface area contributed by atoms with Crippen LogP contribution in [0.5, 0.6) is 0 Å². The molecule has 2 N–H and O–H groups in total. The smallest absolute Gasteiger partial charge is 0.181 e. The van der Waals surface area contributed by atoms with Gasteiger partial charge in [-0.1, -0.05) is 12.1 Å². The van der Waals surface area contributed by atoms with Crippen molar-refractivity contribution < 1.29 is 0 Å². The number of rotatable bonds is 1. The number of anilines is 1. The summed E-state index contributed by atoms with van der Waals surface area (Å²) >= 11 is 0. The van der Waals surface area contributed by atoms with Crippen molar-refractivity contribution in [2.24, 2.45) is 0 Å². The van der Waals surface area contributed by atoms with Gasteiger partial charge in [0.05, 0.1) is 6.20 Å². The second-order valence-electron chi connectivity index (χ2n) is 2.59. The number of hydrogen-bond acceptors (Lipinski definition) is 4. The number of benzene rings is 1. The Morgan fingerprint density at radius 1 is 1.15 bits per heavy atom. The van der Waals surface area contributed by atoms with Gasteiger partial charge in [-0.25, -0.2) is 4.98 Å². The highest BCUT2D eigenvalue weighted by Gasteiger charge is 1.99. The van der Waals surface area contributed by atoms with Gasteiger partial charge < -0.3 is 5.73 Å². The van der Waals surface area contributed by atoms with E-state index in [2.05, 4.69) is 15.2 Å². The zero-order valence-electron chi connectivity index (χ0n) is 6.88. The summed E-state index contributed by atoms with van der Waals surface area (Å²) in [6.07, 6.45) is 3.14. The summed E-state index contributed by atoms with van der Waals surface area (Å²) < 4.78 is 0. The van der Waals surface area contributed by atoms with Crippen LogP contribution in [-0.4, -0.2) is 15.2 Å². The first-order valence-electron chi connectivity index (χ1n) is 3.86. The van der Waals surface area contributed by atoms with Gasteiger partial charge in [0.1, 0.15) is 0 Å². The average molecular weight is 172 g/mol. The quantitative estimate of drug-likeness (QED) is 0.654. The van der Waals surface area contributed by atoms with E-state index in [4.69, 9.17) is 5.73 Å². The van der Waals surface area contributed by atoms with Crippen molar-refractivity contribution in [1.82, 2.24) is 15.2 Å². The summed E-state index contributed by atoms with van der Waals surface area (Å²) in [5, 5.41) is 7.61. The Labute approximate surface area is 75.5 Å². The van der Waals surface area contributed by atoms with Crippen molar-refractivity contribution in [3.63, 3.8) is 0 Å². The molecule has 0 unspecified atom stereocenters. The standard InChI is InChI=1S/C9H8N4/c10-8-3-1-2-7(6-8)9-11-4-5-12-13-9/h1-6H,10H2. The Morgan fingerprint density at radius 2 is 2.08 bits per heavy atom. The van der Waals surface area contributed by atoms with E-state index in [0.717, 1.165) is 5.56 Å². The molecule has 4 heteroatoms. The van der Waals surface area contributed by atoms with Crippen LogP contribution >= 0.6 is 0 Å². The Balaban J connectivity index is 2.48. The van der Waals surface area contributed by atoms with Gasteiger partial charge in [-0.3, -0.25) is 0 Å². The molecule has 0 aliphatic carbocycles. The number of nitrogens with two attached hydrogens (primary N) is 1. The maximum absolute atomic E-state index is 5.62. The summed E-state index contributed by atoms with van der Waals surface area (Å²) in [5.41, 5.74) is 7.20. The molecule has 0 spiro atoms. The molecule has 0 radical (unpaired) electrons. The summed E-state index contributed by atoms with van der Waals surface area (Å²) in [6.45, 7) is 0. The highest BCUT2D eigenvalue weighted by molar-refractivity contribution is 5.60. The number of nitrogens with zero attached hydrogens (tertiary/aromatic N) is 3. The fourth-order valence-corrected chi connectivity index (χ4v) is 1.06. The minimum Gasteiger partial charge on any atom is -0.399 e. The van der Waals surface area contributed by atoms with Crippen LogP contribution in [0.1, 0.15) is 0 Å². The molecule has 4 nitrogen and oxygen atoms in total. The zero-order valence-corrected chi connectivity index (χ0v) is 6.88. The molecule has 2 rings (SSSR count). The van der Waals surface area contributed by atoms with E-state index in [-0.39, 0.29) is 0 Å². The molecule has 1 aromatic heterocycles. The predicted molar refractivity (Wildman–Crippen MR) is 49.7 cm³/mol. The Bertz CT molecular complexity index is 399. The Kier molecular flexibility index (Phi) is 1.88. The van der Waals surface area contributed by atoms with E-state index < -0.39 is 0 Å². The molecule has 0 saturated heterocycles. The van der Waals surface area contributed by atoms with Gasteiger partial charge in [0.2, 0.25) is 0 Å². The van der Waals surface area contributed by atoms with Crippen LogP contribution in [0.15, 0.2) is 36.7 Å². The van der Waals surface area contributed by atoms with Gasteiger partial charge in [-0.05, 0) is 12.1 Å². The minimum atomic E-state index is 0.592. The maximum atomic E-state index is 5.62. The first-order valence-corrected chi connectivity index (χ1v) is 3.86. The fraction of sp³-hybridized carbons (Fsp3) is 0. The number of aromatic nitrogens is 3. The molecule has 0 amide bonds. The number of nitrogen functional groups attached to an aromatic ring is 1. The van der Waals surface area contributed by atoms with Crippen LogP contribution in [-0.2, 0) is 0 Å². The first kappa shape index (κ1) is 7.67. The van der Waals surface area contributed by atoms with Gasteiger partial charge in [0.25, 0.3) is 0 Å². The molecule has 1 aromatic carbocycles. The maximum Gasteiger partial charge on any atom is 0.181 e. The second kappa shape index (κ2) is 3.18. The van der Waals surface area contributed by atoms with Crippen molar-refractivity contribution in [2.75, 3.05) is 5.73 Å². The van der Waals surface area contributed by atoms with E-state index >= 15 is 0 Å². The van der Waals surface area contributed by atoms with Crippen LogP contribution in [0.3, 0.4) is 0 Å². The fourth-order valence-electron chi connectivity index (χ4n) is 1.06. The van der Waals surface area contributed by atoms with Gasteiger partial charge in [0.15, 0.2) is 5.82 Å². The zero-order chi connectivity index (χ0) is 9.10. The molecule has 0 aliphatic rings. The topological polar surface area (TPSA) is 64.7 Å². The lowest BCUT2D eigenvalue weighted by molar-refractivity contribution is 0.980. The third-order valence-corrected chi connectivity index (χ3v) is 1.63. The van der Waals surface area contributed by atoms with Crippen LogP contribution in [0.2, 0.25) is 0 Å². The molecule has 64 valence electrons. The molecule has 1 heterocycles. The molecular weight excluding hydrogens is 164 g/mol. The molecule has 0 saturated carbocycles. The SMILES string of the molecule is Nc1cccc(-c2nccnn2)c1. The largest absolute Gasteiger partial charge is 0.399 e. The summed E-state index contributed by atoms with van der Waals surface area (Å²) in [5.74, 6) is 0.592. The summed E-state index contributed by atoms with van der Waals surface area (Å²) in [4.78, 5) is 4.06. The number of hydrogen-bond donors (Lipinski definition) is 1. The molecule has 0 aliphatic heterocycles. The second-order valence-corrected chi connectivity index (χ2v) is 2.59.